The number of amides is 2. The van der Waals surface area contributed by atoms with Crippen LogP contribution >= 0.6 is 23.2 Å². The van der Waals surface area contributed by atoms with Crippen molar-refractivity contribution >= 4 is 50.9 Å². The molecule has 0 aromatic heterocycles. The number of halogens is 3. The molecule has 1 aliphatic carbocycles. The fraction of sp³-hybridized carbons (Fsp3) is 0.462. The van der Waals surface area contributed by atoms with Crippen LogP contribution < -0.4 is 9.62 Å². The molecule has 12 heteroatoms. The standard InChI is InChI=1S/C26H33Cl2FN4O4S/c1-4-23(26(35)30-20-9-5-6-10-20)32(16-18-13-14-19(27)15-21(18)28)25(34)17-33(38(36,37)31(2)3)24-12-8-7-11-22(24)29/h7-8,11-15,20,23H,4-6,9-10,16-17H2,1-3H3,(H,30,35)/t23-/m0/s1. The van der Waals surface area contributed by atoms with Crippen LogP contribution in [-0.2, 0) is 26.3 Å². The molecular weight excluding hydrogens is 554 g/mol. The van der Waals surface area contributed by atoms with E-state index in [0.29, 0.717) is 19.9 Å². The maximum absolute atomic E-state index is 14.8. The van der Waals surface area contributed by atoms with Gasteiger partial charge in [0.05, 0.1) is 5.69 Å². The van der Waals surface area contributed by atoms with Gasteiger partial charge in [-0.2, -0.15) is 12.7 Å². The summed E-state index contributed by atoms with van der Waals surface area (Å²) in [5, 5.41) is 3.74. The molecule has 0 heterocycles. The molecule has 2 aromatic rings. The number of nitrogens with one attached hydrogen (secondary N) is 1. The van der Waals surface area contributed by atoms with Crippen molar-refractivity contribution < 1.29 is 22.4 Å². The Hall–Kier alpha value is -2.40. The summed E-state index contributed by atoms with van der Waals surface area (Å²) in [4.78, 5) is 28.5. The van der Waals surface area contributed by atoms with E-state index >= 15 is 0 Å². The number of anilines is 1. The van der Waals surface area contributed by atoms with E-state index in [1.807, 2.05) is 0 Å². The molecule has 0 unspecified atom stereocenters. The molecular formula is C26H33Cl2FN4O4S. The average Bonchev–Trinajstić information content (AvgIpc) is 3.37. The van der Waals surface area contributed by atoms with Crippen LogP contribution in [0.15, 0.2) is 42.5 Å². The highest BCUT2D eigenvalue weighted by molar-refractivity contribution is 7.90. The summed E-state index contributed by atoms with van der Waals surface area (Å²) in [5.74, 6) is -1.81. The average molecular weight is 588 g/mol. The quantitative estimate of drug-likeness (QED) is 0.416. The predicted octanol–water partition coefficient (Wildman–Crippen LogP) is 4.61. The molecule has 8 nitrogen and oxygen atoms in total. The van der Waals surface area contributed by atoms with E-state index in [-0.39, 0.29) is 30.6 Å². The first-order valence-corrected chi connectivity index (χ1v) is 14.6. The lowest BCUT2D eigenvalue weighted by Gasteiger charge is -2.34. The monoisotopic (exact) mass is 586 g/mol. The van der Waals surface area contributed by atoms with E-state index in [0.717, 1.165) is 36.1 Å². The third-order valence-corrected chi connectivity index (χ3v) is 8.98. The van der Waals surface area contributed by atoms with Crippen molar-refractivity contribution in [3.05, 3.63) is 63.9 Å². The van der Waals surface area contributed by atoms with Crippen molar-refractivity contribution in [1.82, 2.24) is 14.5 Å². The van der Waals surface area contributed by atoms with E-state index < -0.39 is 34.5 Å². The molecule has 0 bridgehead atoms. The Bertz CT molecular complexity index is 1260. The van der Waals surface area contributed by atoms with Crippen molar-refractivity contribution in [1.29, 1.82) is 0 Å². The van der Waals surface area contributed by atoms with Crippen molar-refractivity contribution in [3.63, 3.8) is 0 Å². The molecule has 0 saturated heterocycles. The first-order valence-electron chi connectivity index (χ1n) is 12.4. The van der Waals surface area contributed by atoms with Crippen LogP contribution in [0.5, 0.6) is 0 Å². The van der Waals surface area contributed by atoms with Gasteiger partial charge in [-0.3, -0.25) is 9.59 Å². The SMILES string of the molecule is CC[C@@H](C(=O)NC1CCCC1)N(Cc1ccc(Cl)cc1Cl)C(=O)CN(c1ccccc1F)S(=O)(=O)N(C)C. The van der Waals surface area contributed by atoms with Crippen LogP contribution in [0.2, 0.25) is 10.0 Å². The molecule has 1 fully saturated rings. The van der Waals surface area contributed by atoms with Gasteiger partial charge in [0, 0.05) is 36.7 Å². The molecule has 38 heavy (non-hydrogen) atoms. The van der Waals surface area contributed by atoms with E-state index in [1.54, 1.807) is 19.1 Å². The van der Waals surface area contributed by atoms with E-state index in [9.17, 15) is 22.4 Å². The first-order chi connectivity index (χ1) is 17.9. The van der Waals surface area contributed by atoms with Crippen molar-refractivity contribution in [2.75, 3.05) is 24.9 Å². The Morgan fingerprint density at radius 2 is 1.76 bits per heavy atom. The summed E-state index contributed by atoms with van der Waals surface area (Å²) in [6, 6.07) is 9.23. The molecule has 2 aromatic carbocycles. The molecule has 1 saturated carbocycles. The third-order valence-electron chi connectivity index (χ3n) is 6.58. The molecule has 1 aliphatic rings. The van der Waals surface area contributed by atoms with Crippen LogP contribution in [0, 0.1) is 5.82 Å². The molecule has 0 spiro atoms. The summed E-state index contributed by atoms with van der Waals surface area (Å²) < 4.78 is 42.8. The number of rotatable bonds is 11. The van der Waals surface area contributed by atoms with E-state index in [1.165, 1.54) is 43.3 Å². The topological polar surface area (TPSA) is 90.0 Å². The Kier molecular flexibility index (Phi) is 10.4. The fourth-order valence-electron chi connectivity index (χ4n) is 4.48. The zero-order chi connectivity index (χ0) is 28.0. The van der Waals surface area contributed by atoms with Gasteiger partial charge < -0.3 is 10.2 Å². The highest BCUT2D eigenvalue weighted by Gasteiger charge is 2.35. The van der Waals surface area contributed by atoms with Gasteiger partial charge in [0.1, 0.15) is 18.4 Å². The number of hydrogen-bond acceptors (Lipinski definition) is 4. The highest BCUT2D eigenvalue weighted by Crippen LogP contribution is 2.27. The summed E-state index contributed by atoms with van der Waals surface area (Å²) in [6.45, 7) is 0.978. The van der Waals surface area contributed by atoms with E-state index in [4.69, 9.17) is 23.2 Å². The fourth-order valence-corrected chi connectivity index (χ4v) is 6.01. The molecule has 3 rings (SSSR count). The molecule has 1 N–H and O–H groups in total. The number of carbonyl (C=O) groups is 2. The summed E-state index contributed by atoms with van der Waals surface area (Å²) in [7, 11) is -1.68. The normalized spacial score (nSPS) is 14.9. The smallest absolute Gasteiger partial charge is 0.304 e. The van der Waals surface area contributed by atoms with Crippen molar-refractivity contribution in [2.45, 2.75) is 57.7 Å². The first kappa shape index (κ1) is 30.1. The summed E-state index contributed by atoms with van der Waals surface area (Å²) in [5.41, 5.74) is 0.256. The lowest BCUT2D eigenvalue weighted by molar-refractivity contribution is -0.140. The zero-order valence-electron chi connectivity index (χ0n) is 21.7. The van der Waals surface area contributed by atoms with Gasteiger partial charge >= 0.3 is 10.2 Å². The van der Waals surface area contributed by atoms with Crippen molar-refractivity contribution in [3.8, 4) is 0 Å². The van der Waals surface area contributed by atoms with Gasteiger partial charge in [-0.05, 0) is 49.1 Å². The third kappa shape index (κ3) is 7.16. The van der Waals surface area contributed by atoms with Gasteiger partial charge in [0.25, 0.3) is 0 Å². The minimum Gasteiger partial charge on any atom is -0.352 e. The van der Waals surface area contributed by atoms with Crippen LogP contribution in [0.25, 0.3) is 0 Å². The number of para-hydroxylation sites is 1. The predicted molar refractivity (Wildman–Crippen MR) is 148 cm³/mol. The largest absolute Gasteiger partial charge is 0.352 e. The molecule has 208 valence electrons. The molecule has 0 radical (unpaired) electrons. The zero-order valence-corrected chi connectivity index (χ0v) is 24.0. The molecule has 1 atom stereocenters. The van der Waals surface area contributed by atoms with Gasteiger partial charge in [0.2, 0.25) is 11.8 Å². The Morgan fingerprint density at radius 3 is 2.34 bits per heavy atom. The van der Waals surface area contributed by atoms with Gasteiger partial charge in [-0.25, -0.2) is 8.70 Å². The lowest BCUT2D eigenvalue weighted by atomic mass is 10.1. The highest BCUT2D eigenvalue weighted by atomic mass is 35.5. The number of nitrogens with zero attached hydrogens (tertiary/aromatic N) is 3. The van der Waals surface area contributed by atoms with Gasteiger partial charge in [-0.1, -0.05) is 61.2 Å². The van der Waals surface area contributed by atoms with Crippen LogP contribution in [0.3, 0.4) is 0 Å². The van der Waals surface area contributed by atoms with Crippen LogP contribution in [0.1, 0.15) is 44.6 Å². The Balaban J connectivity index is 2.00. The Morgan fingerprint density at radius 1 is 1.11 bits per heavy atom. The summed E-state index contributed by atoms with van der Waals surface area (Å²) in [6.07, 6.45) is 4.04. The van der Waals surface area contributed by atoms with Gasteiger partial charge in [0.15, 0.2) is 0 Å². The maximum atomic E-state index is 14.8. The Labute approximate surface area is 233 Å². The molecule has 0 aliphatic heterocycles. The summed E-state index contributed by atoms with van der Waals surface area (Å²) >= 11 is 12.4. The lowest BCUT2D eigenvalue weighted by Crippen LogP contribution is -2.54. The number of benzene rings is 2. The molecule has 2 amide bonds. The minimum atomic E-state index is -4.27. The van der Waals surface area contributed by atoms with E-state index in [2.05, 4.69) is 5.32 Å². The minimum absolute atomic E-state index is 0.0247. The second kappa shape index (κ2) is 13.1. The van der Waals surface area contributed by atoms with Crippen molar-refractivity contribution in [2.24, 2.45) is 0 Å². The number of carbonyl (C=O) groups excluding carboxylic acids is 2. The maximum Gasteiger partial charge on any atom is 0.304 e. The number of hydrogen-bond donors (Lipinski definition) is 1. The second-order valence-electron chi connectivity index (χ2n) is 9.42. The van der Waals surface area contributed by atoms with Crippen LogP contribution in [-0.4, -0.2) is 62.2 Å². The van der Waals surface area contributed by atoms with Gasteiger partial charge in [-0.15, -0.1) is 0 Å². The van der Waals surface area contributed by atoms with Crippen LogP contribution in [0.4, 0.5) is 10.1 Å². The second-order valence-corrected chi connectivity index (χ2v) is 12.3.